The van der Waals surface area contributed by atoms with Crippen molar-refractivity contribution < 1.29 is 18.6 Å². The van der Waals surface area contributed by atoms with Crippen LogP contribution >= 0.6 is 23.2 Å². The van der Waals surface area contributed by atoms with Gasteiger partial charge in [-0.3, -0.25) is 0 Å². The molecule has 0 aliphatic carbocycles. The van der Waals surface area contributed by atoms with Crippen molar-refractivity contribution in [3.63, 3.8) is 0 Å². The molecule has 1 aromatic rings. The van der Waals surface area contributed by atoms with Crippen LogP contribution in [0.4, 0.5) is 8.78 Å². The fraction of sp³-hybridized carbons (Fsp3) is 0.111. The van der Waals surface area contributed by atoms with Crippen LogP contribution in [0.5, 0.6) is 11.5 Å². The van der Waals surface area contributed by atoms with Gasteiger partial charge in [0, 0.05) is 12.1 Å². The molecule has 0 unspecified atom stereocenters. The predicted molar refractivity (Wildman–Crippen MR) is 53.3 cm³/mol. The average molecular weight is 255 g/mol. The number of phenols is 1. The van der Waals surface area contributed by atoms with Crippen LogP contribution in [0.15, 0.2) is 22.7 Å². The summed E-state index contributed by atoms with van der Waals surface area (Å²) in [7, 11) is 0. The van der Waals surface area contributed by atoms with Crippen molar-refractivity contribution in [3.8, 4) is 11.5 Å². The zero-order valence-electron chi connectivity index (χ0n) is 7.31. The molecular weight excluding hydrogens is 249 g/mol. The Morgan fingerprint density at radius 1 is 1.33 bits per heavy atom. The third kappa shape index (κ3) is 3.57. The van der Waals surface area contributed by atoms with E-state index in [4.69, 9.17) is 33.0 Å². The largest absolute Gasteiger partial charge is 0.503 e. The number of phenolic OH excluding ortho intramolecular Hbond substituents is 1. The maximum atomic E-state index is 12.8. The lowest BCUT2D eigenvalue weighted by Gasteiger charge is -2.04. The van der Waals surface area contributed by atoms with E-state index in [0.29, 0.717) is 0 Å². The normalized spacial score (nSPS) is 9.87. The number of rotatable bonds is 3. The van der Waals surface area contributed by atoms with E-state index in [1.54, 1.807) is 0 Å². The lowest BCUT2D eigenvalue weighted by atomic mass is 10.3. The van der Waals surface area contributed by atoms with E-state index >= 15 is 0 Å². The summed E-state index contributed by atoms with van der Waals surface area (Å²) in [5.41, 5.74) is 0. The van der Waals surface area contributed by atoms with Gasteiger partial charge in [0.25, 0.3) is 0 Å². The lowest BCUT2D eigenvalue weighted by molar-refractivity contribution is 0.347. The van der Waals surface area contributed by atoms with E-state index in [0.717, 1.165) is 12.1 Å². The van der Waals surface area contributed by atoms with Crippen LogP contribution in [0.1, 0.15) is 0 Å². The molecule has 0 atom stereocenters. The van der Waals surface area contributed by atoms with Crippen LogP contribution in [0, 0.1) is 11.6 Å². The van der Waals surface area contributed by atoms with Gasteiger partial charge in [0.2, 0.25) is 0 Å². The molecule has 0 fully saturated rings. The minimum atomic E-state index is -1.09. The Hall–Kier alpha value is -1.00. The number of hydrogen-bond donors (Lipinski definition) is 1. The molecule has 1 N–H and O–H groups in total. The third-order valence-electron chi connectivity index (χ3n) is 1.48. The first-order valence-corrected chi connectivity index (χ1v) is 4.58. The van der Waals surface area contributed by atoms with Crippen LogP contribution in [-0.2, 0) is 0 Å². The van der Waals surface area contributed by atoms with Gasteiger partial charge in [-0.1, -0.05) is 23.2 Å². The molecule has 0 aromatic heterocycles. The highest BCUT2D eigenvalue weighted by Gasteiger charge is 2.09. The molecule has 15 heavy (non-hydrogen) atoms. The zero-order chi connectivity index (χ0) is 11.4. The molecule has 0 aliphatic rings. The van der Waals surface area contributed by atoms with Crippen molar-refractivity contribution in [2.45, 2.75) is 0 Å². The molecule has 0 spiro atoms. The second-order valence-electron chi connectivity index (χ2n) is 2.54. The summed E-state index contributed by atoms with van der Waals surface area (Å²) in [5.74, 6) is -3.28. The van der Waals surface area contributed by atoms with Gasteiger partial charge in [-0.05, 0) is 6.08 Å². The number of aromatic hydroxyl groups is 1. The van der Waals surface area contributed by atoms with E-state index < -0.39 is 17.4 Å². The number of ether oxygens (including phenoxy) is 1. The highest BCUT2D eigenvalue weighted by atomic mass is 35.5. The standard InChI is InChI=1S/C9H6Cl2F2O2/c10-8(11)1-2-15-5-3-6(12)9(14)7(13)4-5/h1,3-4,14H,2H2. The molecule has 0 aliphatic heterocycles. The van der Waals surface area contributed by atoms with Crippen molar-refractivity contribution >= 4 is 23.2 Å². The summed E-state index contributed by atoms with van der Waals surface area (Å²) in [4.78, 5) is 0. The minimum absolute atomic E-state index is 0.00489. The molecule has 0 radical (unpaired) electrons. The van der Waals surface area contributed by atoms with Crippen molar-refractivity contribution in [2.75, 3.05) is 6.61 Å². The molecule has 0 saturated heterocycles. The van der Waals surface area contributed by atoms with Gasteiger partial charge >= 0.3 is 0 Å². The fourth-order valence-corrected chi connectivity index (χ4v) is 0.952. The maximum absolute atomic E-state index is 12.8. The molecule has 6 heteroatoms. The van der Waals surface area contributed by atoms with Crippen molar-refractivity contribution in [2.24, 2.45) is 0 Å². The number of benzene rings is 1. The van der Waals surface area contributed by atoms with E-state index in [1.165, 1.54) is 6.08 Å². The second kappa shape index (κ2) is 5.19. The maximum Gasteiger partial charge on any atom is 0.188 e. The summed E-state index contributed by atoms with van der Waals surface area (Å²) < 4.78 is 30.5. The summed E-state index contributed by atoms with van der Waals surface area (Å²) in [6.45, 7) is -0.0218. The van der Waals surface area contributed by atoms with Gasteiger partial charge in [-0.2, -0.15) is 0 Å². The minimum Gasteiger partial charge on any atom is -0.503 e. The molecule has 0 heterocycles. The molecule has 2 nitrogen and oxygen atoms in total. The molecule has 1 aromatic carbocycles. The van der Waals surface area contributed by atoms with E-state index in [1.807, 2.05) is 0 Å². The highest BCUT2D eigenvalue weighted by molar-refractivity contribution is 6.55. The van der Waals surface area contributed by atoms with Crippen molar-refractivity contribution in [1.82, 2.24) is 0 Å². The molecule has 82 valence electrons. The van der Waals surface area contributed by atoms with Gasteiger partial charge in [0.05, 0.1) is 0 Å². The third-order valence-corrected chi connectivity index (χ3v) is 1.79. The molecule has 1 rings (SSSR count). The van der Waals surface area contributed by atoms with Gasteiger partial charge < -0.3 is 9.84 Å². The first kappa shape index (κ1) is 12.1. The lowest BCUT2D eigenvalue weighted by Crippen LogP contribution is -1.95. The molecule has 0 bridgehead atoms. The van der Waals surface area contributed by atoms with Gasteiger partial charge in [0.15, 0.2) is 17.4 Å². The van der Waals surface area contributed by atoms with Gasteiger partial charge in [0.1, 0.15) is 16.8 Å². The van der Waals surface area contributed by atoms with E-state index in [-0.39, 0.29) is 16.8 Å². The smallest absolute Gasteiger partial charge is 0.188 e. The van der Waals surface area contributed by atoms with Gasteiger partial charge in [-0.15, -0.1) is 0 Å². The van der Waals surface area contributed by atoms with Crippen LogP contribution in [0.2, 0.25) is 0 Å². The Labute approximate surface area is 94.7 Å². The van der Waals surface area contributed by atoms with Gasteiger partial charge in [-0.25, -0.2) is 8.78 Å². The summed E-state index contributed by atoms with van der Waals surface area (Å²) in [6.07, 6.45) is 1.31. The first-order valence-electron chi connectivity index (χ1n) is 3.82. The summed E-state index contributed by atoms with van der Waals surface area (Å²) >= 11 is 10.6. The van der Waals surface area contributed by atoms with Crippen LogP contribution in [0.25, 0.3) is 0 Å². The number of hydrogen-bond acceptors (Lipinski definition) is 2. The molecule has 0 amide bonds. The average Bonchev–Trinajstić information content (AvgIpc) is 2.13. The first-order chi connectivity index (χ1) is 7.00. The second-order valence-corrected chi connectivity index (χ2v) is 3.55. The SMILES string of the molecule is Oc1c(F)cc(OCC=C(Cl)Cl)cc1F. The van der Waals surface area contributed by atoms with Crippen LogP contribution < -0.4 is 4.74 Å². The summed E-state index contributed by atoms with van der Waals surface area (Å²) in [6, 6.07) is 1.71. The summed E-state index contributed by atoms with van der Waals surface area (Å²) in [5, 5.41) is 8.78. The van der Waals surface area contributed by atoms with Crippen molar-refractivity contribution in [1.29, 1.82) is 0 Å². The van der Waals surface area contributed by atoms with E-state index in [9.17, 15) is 8.78 Å². The fourth-order valence-electron chi connectivity index (χ4n) is 0.826. The Morgan fingerprint density at radius 2 is 1.87 bits per heavy atom. The quantitative estimate of drug-likeness (QED) is 0.897. The Kier molecular flexibility index (Phi) is 4.17. The molecule has 0 saturated carbocycles. The highest BCUT2D eigenvalue weighted by Crippen LogP contribution is 2.25. The van der Waals surface area contributed by atoms with E-state index in [2.05, 4.69) is 0 Å². The zero-order valence-corrected chi connectivity index (χ0v) is 8.82. The van der Waals surface area contributed by atoms with Crippen LogP contribution in [-0.4, -0.2) is 11.7 Å². The number of halogens is 4. The Balaban J connectivity index is 2.75. The Morgan fingerprint density at radius 3 is 2.33 bits per heavy atom. The molecular formula is C9H6Cl2F2O2. The van der Waals surface area contributed by atoms with Crippen LogP contribution in [0.3, 0.4) is 0 Å². The predicted octanol–water partition coefficient (Wildman–Crippen LogP) is 3.37. The topological polar surface area (TPSA) is 29.5 Å². The monoisotopic (exact) mass is 254 g/mol. The Bertz CT molecular complexity index is 367. The van der Waals surface area contributed by atoms with Crippen molar-refractivity contribution in [3.05, 3.63) is 34.3 Å².